The molecule has 0 saturated carbocycles. The number of rotatable bonds is 3. The minimum absolute atomic E-state index is 0.174. The van der Waals surface area contributed by atoms with Gasteiger partial charge in [0.25, 0.3) is 0 Å². The molecule has 0 aliphatic carbocycles. The molecule has 24 heavy (non-hydrogen) atoms. The highest BCUT2D eigenvalue weighted by Gasteiger charge is 2.41. The minimum Gasteiger partial charge on any atom is -0.454 e. The maximum absolute atomic E-state index is 12.5. The first-order valence-electron chi connectivity index (χ1n) is 8.54. The lowest BCUT2D eigenvalue weighted by atomic mass is 9.92. The summed E-state index contributed by atoms with van der Waals surface area (Å²) in [6.45, 7) is 1.72. The number of nitrogens with zero attached hydrogens (tertiary/aromatic N) is 2. The van der Waals surface area contributed by atoms with Crippen molar-refractivity contribution in [3.63, 3.8) is 0 Å². The fourth-order valence-electron chi connectivity index (χ4n) is 4.02. The molecule has 0 radical (unpaired) electrons. The van der Waals surface area contributed by atoms with Crippen molar-refractivity contribution in [3.05, 3.63) is 23.8 Å². The van der Waals surface area contributed by atoms with E-state index in [1.54, 1.807) is 0 Å². The Kier molecular flexibility index (Phi) is 3.82. The maximum atomic E-state index is 12.5. The Morgan fingerprint density at radius 1 is 1.29 bits per heavy atom. The Morgan fingerprint density at radius 3 is 3.00 bits per heavy atom. The summed E-state index contributed by atoms with van der Waals surface area (Å²) < 4.78 is 10.7. The van der Waals surface area contributed by atoms with Crippen LogP contribution in [-0.2, 0) is 16.0 Å². The summed E-state index contributed by atoms with van der Waals surface area (Å²) in [4.78, 5) is 28.1. The van der Waals surface area contributed by atoms with Crippen LogP contribution < -0.4 is 9.47 Å². The molecular weight excluding hydrogens is 308 g/mol. The van der Waals surface area contributed by atoms with Crippen molar-refractivity contribution in [2.24, 2.45) is 5.92 Å². The van der Waals surface area contributed by atoms with Crippen LogP contribution in [0.25, 0.3) is 0 Å². The van der Waals surface area contributed by atoms with Gasteiger partial charge in [-0.2, -0.15) is 0 Å². The monoisotopic (exact) mass is 330 g/mol. The van der Waals surface area contributed by atoms with Gasteiger partial charge in [0.15, 0.2) is 11.5 Å². The summed E-state index contributed by atoms with van der Waals surface area (Å²) in [7, 11) is 1.88. The summed E-state index contributed by atoms with van der Waals surface area (Å²) in [6, 6.07) is 6.15. The van der Waals surface area contributed by atoms with Crippen LogP contribution in [-0.4, -0.2) is 54.6 Å². The number of aryl methyl sites for hydroxylation is 1. The van der Waals surface area contributed by atoms with Crippen LogP contribution in [0.4, 0.5) is 0 Å². The van der Waals surface area contributed by atoms with Crippen LogP contribution >= 0.6 is 0 Å². The number of likely N-dealkylation sites (tertiary alicyclic amines) is 2. The summed E-state index contributed by atoms with van der Waals surface area (Å²) in [5.41, 5.74) is 1.08. The highest BCUT2D eigenvalue weighted by molar-refractivity contribution is 5.80. The quantitative estimate of drug-likeness (QED) is 0.841. The second-order valence-corrected chi connectivity index (χ2v) is 6.85. The van der Waals surface area contributed by atoms with E-state index in [1.165, 1.54) is 0 Å². The zero-order valence-corrected chi connectivity index (χ0v) is 13.9. The molecule has 1 aromatic carbocycles. The van der Waals surface area contributed by atoms with Crippen molar-refractivity contribution in [1.82, 2.24) is 9.80 Å². The van der Waals surface area contributed by atoms with Crippen molar-refractivity contribution < 1.29 is 19.1 Å². The molecule has 0 aromatic heterocycles. The predicted molar refractivity (Wildman–Crippen MR) is 86.7 cm³/mol. The van der Waals surface area contributed by atoms with Crippen LogP contribution in [0.2, 0.25) is 0 Å². The van der Waals surface area contributed by atoms with Crippen molar-refractivity contribution >= 4 is 11.8 Å². The molecule has 128 valence electrons. The topological polar surface area (TPSA) is 59.1 Å². The lowest BCUT2D eigenvalue weighted by Crippen LogP contribution is -2.47. The van der Waals surface area contributed by atoms with E-state index in [4.69, 9.17) is 9.47 Å². The third-order valence-corrected chi connectivity index (χ3v) is 5.44. The number of carbonyl (C=O) groups is 2. The van der Waals surface area contributed by atoms with Gasteiger partial charge in [-0.05, 0) is 30.5 Å². The number of hydrogen-bond donors (Lipinski definition) is 0. The first kappa shape index (κ1) is 15.3. The second kappa shape index (κ2) is 6.00. The molecule has 6 nitrogen and oxygen atoms in total. The molecular formula is C18H22N2O4. The van der Waals surface area contributed by atoms with Crippen LogP contribution in [0.3, 0.4) is 0 Å². The Morgan fingerprint density at radius 2 is 2.12 bits per heavy atom. The number of fused-ring (bicyclic) bond motifs is 2. The molecule has 2 saturated heterocycles. The molecule has 2 amide bonds. The standard InChI is InChI=1S/C18H22N2O4/c1-19-14-6-7-20(10-13(14)9-18(19)22)17(21)5-3-12-2-4-15-16(8-12)24-11-23-15/h2,4,8,13-14H,3,5-7,9-11H2,1H3/t13-,14+/m1/s1. The smallest absolute Gasteiger partial charge is 0.231 e. The number of benzene rings is 1. The highest BCUT2D eigenvalue weighted by Crippen LogP contribution is 2.33. The summed E-state index contributed by atoms with van der Waals surface area (Å²) in [6.07, 6.45) is 2.65. The number of carbonyl (C=O) groups excluding carboxylic acids is 2. The van der Waals surface area contributed by atoms with Gasteiger partial charge in [-0.3, -0.25) is 9.59 Å². The van der Waals surface area contributed by atoms with Gasteiger partial charge in [0, 0.05) is 44.9 Å². The van der Waals surface area contributed by atoms with E-state index in [9.17, 15) is 9.59 Å². The van der Waals surface area contributed by atoms with E-state index >= 15 is 0 Å². The van der Waals surface area contributed by atoms with Crippen LogP contribution in [0.15, 0.2) is 18.2 Å². The summed E-state index contributed by atoms with van der Waals surface area (Å²) in [5.74, 6) is 2.20. The SMILES string of the molecule is CN1C(=O)C[C@@H]2CN(C(=O)CCc3ccc4c(c3)OCO4)CC[C@@H]21. The number of amides is 2. The first-order valence-corrected chi connectivity index (χ1v) is 8.54. The number of hydrogen-bond acceptors (Lipinski definition) is 4. The van der Waals surface area contributed by atoms with Gasteiger partial charge in [0.05, 0.1) is 0 Å². The van der Waals surface area contributed by atoms with Crippen molar-refractivity contribution in [1.29, 1.82) is 0 Å². The second-order valence-electron chi connectivity index (χ2n) is 6.85. The predicted octanol–water partition coefficient (Wildman–Crippen LogP) is 1.43. The average Bonchev–Trinajstić information content (AvgIpc) is 3.16. The molecule has 2 atom stereocenters. The van der Waals surface area contributed by atoms with Gasteiger partial charge in [-0.25, -0.2) is 0 Å². The summed E-state index contributed by atoms with van der Waals surface area (Å²) >= 11 is 0. The van der Waals surface area contributed by atoms with Crippen LogP contribution in [0.1, 0.15) is 24.8 Å². The Labute approximate surface area is 141 Å². The molecule has 4 rings (SSSR count). The largest absolute Gasteiger partial charge is 0.454 e. The van der Waals surface area contributed by atoms with E-state index in [0.29, 0.717) is 37.8 Å². The Balaban J connectivity index is 1.33. The zero-order valence-electron chi connectivity index (χ0n) is 13.9. The first-order chi connectivity index (χ1) is 11.6. The van der Waals surface area contributed by atoms with E-state index in [1.807, 2.05) is 35.0 Å². The minimum atomic E-state index is 0.174. The Bertz CT molecular complexity index is 675. The molecule has 3 heterocycles. The van der Waals surface area contributed by atoms with Crippen molar-refractivity contribution in [3.8, 4) is 11.5 Å². The molecule has 6 heteroatoms. The molecule has 3 aliphatic heterocycles. The van der Waals surface area contributed by atoms with Gasteiger partial charge in [-0.1, -0.05) is 6.07 Å². The van der Waals surface area contributed by atoms with E-state index in [0.717, 1.165) is 30.0 Å². The molecule has 0 N–H and O–H groups in total. The third kappa shape index (κ3) is 2.70. The summed E-state index contributed by atoms with van der Waals surface area (Å²) in [5, 5.41) is 0. The van der Waals surface area contributed by atoms with Gasteiger partial charge in [-0.15, -0.1) is 0 Å². The van der Waals surface area contributed by atoms with E-state index in [2.05, 4.69) is 0 Å². The molecule has 3 aliphatic rings. The fraction of sp³-hybridized carbons (Fsp3) is 0.556. The molecule has 0 spiro atoms. The Hall–Kier alpha value is -2.24. The third-order valence-electron chi connectivity index (χ3n) is 5.44. The van der Waals surface area contributed by atoms with Crippen molar-refractivity contribution in [2.45, 2.75) is 31.7 Å². The normalized spacial score (nSPS) is 25.1. The number of piperidine rings is 1. The highest BCUT2D eigenvalue weighted by atomic mass is 16.7. The van der Waals surface area contributed by atoms with Gasteiger partial charge in [0.1, 0.15) is 0 Å². The van der Waals surface area contributed by atoms with E-state index < -0.39 is 0 Å². The van der Waals surface area contributed by atoms with Crippen LogP contribution in [0.5, 0.6) is 11.5 Å². The molecule has 2 fully saturated rings. The maximum Gasteiger partial charge on any atom is 0.231 e. The van der Waals surface area contributed by atoms with E-state index in [-0.39, 0.29) is 18.6 Å². The molecule has 1 aromatic rings. The fourth-order valence-corrected chi connectivity index (χ4v) is 4.02. The van der Waals surface area contributed by atoms with Gasteiger partial charge >= 0.3 is 0 Å². The van der Waals surface area contributed by atoms with Gasteiger partial charge in [0.2, 0.25) is 18.6 Å². The van der Waals surface area contributed by atoms with Gasteiger partial charge < -0.3 is 19.3 Å². The zero-order chi connectivity index (χ0) is 16.7. The lowest BCUT2D eigenvalue weighted by Gasteiger charge is -2.36. The van der Waals surface area contributed by atoms with Crippen LogP contribution in [0, 0.1) is 5.92 Å². The molecule has 0 bridgehead atoms. The molecule has 0 unspecified atom stereocenters. The average molecular weight is 330 g/mol. The lowest BCUT2D eigenvalue weighted by molar-refractivity contribution is -0.133. The van der Waals surface area contributed by atoms with Crippen molar-refractivity contribution in [2.75, 3.05) is 26.9 Å². The number of ether oxygens (including phenoxy) is 2.